The minimum absolute atomic E-state index is 0.919. The summed E-state index contributed by atoms with van der Waals surface area (Å²) in [5.41, 5.74) is 8.80. The van der Waals surface area contributed by atoms with Crippen molar-refractivity contribution >= 4 is 43.7 Å². The van der Waals surface area contributed by atoms with Gasteiger partial charge < -0.3 is 9.40 Å². The maximum atomic E-state index is 6.39. The van der Waals surface area contributed by atoms with Crippen molar-refractivity contribution in [2.45, 2.75) is 0 Å². The average molecular weight is 409 g/mol. The smallest absolute Gasteiger partial charge is 0.143 e. The van der Waals surface area contributed by atoms with E-state index < -0.39 is 0 Å². The highest BCUT2D eigenvalue weighted by atomic mass is 16.3. The molecule has 0 radical (unpaired) electrons. The molecule has 7 aromatic rings. The second-order valence-corrected chi connectivity index (χ2v) is 8.26. The Hall–Kier alpha value is -4.30. The molecule has 5 aromatic carbocycles. The summed E-state index contributed by atoms with van der Waals surface area (Å²) in [6, 6.07) is 38.4. The van der Waals surface area contributed by atoms with Crippen LogP contribution in [0.4, 0.5) is 0 Å². The van der Waals surface area contributed by atoms with Crippen LogP contribution in [0.2, 0.25) is 0 Å². The Kier molecular flexibility index (Phi) is 3.58. The monoisotopic (exact) mass is 409 g/mol. The number of nitrogens with one attached hydrogen (secondary N) is 1. The van der Waals surface area contributed by atoms with Crippen LogP contribution < -0.4 is 0 Å². The highest BCUT2D eigenvalue weighted by Crippen LogP contribution is 2.41. The SMILES string of the molecule is c1ccc(-c2cc(-c3cccc4c3oc3ccccc34)c3[nH]c4ccccc4c3c2)cc1. The highest BCUT2D eigenvalue weighted by Gasteiger charge is 2.17. The Balaban J connectivity index is 1.63. The Labute approximate surface area is 184 Å². The Bertz CT molecular complexity index is 1770. The Morgan fingerprint density at radius 2 is 1.25 bits per heavy atom. The zero-order chi connectivity index (χ0) is 21.1. The highest BCUT2D eigenvalue weighted by molar-refractivity contribution is 6.17. The number of aromatic nitrogens is 1. The van der Waals surface area contributed by atoms with E-state index in [-0.39, 0.29) is 0 Å². The number of H-pyrrole nitrogens is 1. The van der Waals surface area contributed by atoms with Gasteiger partial charge >= 0.3 is 0 Å². The van der Waals surface area contributed by atoms with Gasteiger partial charge in [-0.2, -0.15) is 0 Å². The van der Waals surface area contributed by atoms with Crippen LogP contribution in [0.5, 0.6) is 0 Å². The number of para-hydroxylation sites is 3. The number of aromatic amines is 1. The number of hydrogen-bond acceptors (Lipinski definition) is 1. The van der Waals surface area contributed by atoms with E-state index in [0.717, 1.165) is 44.1 Å². The molecular formula is C30H19NO. The van der Waals surface area contributed by atoms with Crippen LogP contribution in [0.25, 0.3) is 66.0 Å². The molecule has 2 aromatic heterocycles. The van der Waals surface area contributed by atoms with Gasteiger partial charge in [0.1, 0.15) is 11.2 Å². The van der Waals surface area contributed by atoms with Gasteiger partial charge in [-0.3, -0.25) is 0 Å². The molecule has 0 spiro atoms. The van der Waals surface area contributed by atoms with Gasteiger partial charge in [0.25, 0.3) is 0 Å². The fraction of sp³-hybridized carbons (Fsp3) is 0. The van der Waals surface area contributed by atoms with Crippen molar-refractivity contribution in [2.24, 2.45) is 0 Å². The Morgan fingerprint density at radius 1 is 0.500 bits per heavy atom. The molecule has 0 bridgehead atoms. The lowest BCUT2D eigenvalue weighted by molar-refractivity contribution is 0.670. The fourth-order valence-corrected chi connectivity index (χ4v) is 4.92. The third-order valence-corrected chi connectivity index (χ3v) is 6.42. The second kappa shape index (κ2) is 6.60. The first kappa shape index (κ1) is 17.4. The standard InChI is InChI=1S/C30H19NO/c1-2-9-19(10-3-1)20-17-25-21-11-4-6-15-27(21)31-29(25)26(18-20)24-14-8-13-23-22-12-5-7-16-28(22)32-30(23)24/h1-18,31H. The van der Waals surface area contributed by atoms with Crippen molar-refractivity contribution in [1.82, 2.24) is 4.98 Å². The fourth-order valence-electron chi connectivity index (χ4n) is 4.92. The molecule has 0 fully saturated rings. The molecular weight excluding hydrogens is 390 g/mol. The normalized spacial score (nSPS) is 11.8. The van der Waals surface area contributed by atoms with E-state index in [9.17, 15) is 0 Å². The molecule has 0 unspecified atom stereocenters. The van der Waals surface area contributed by atoms with Crippen LogP contribution in [0.3, 0.4) is 0 Å². The minimum atomic E-state index is 0.919. The zero-order valence-electron chi connectivity index (χ0n) is 17.3. The van der Waals surface area contributed by atoms with Gasteiger partial charge in [-0.25, -0.2) is 0 Å². The van der Waals surface area contributed by atoms with E-state index in [2.05, 4.69) is 102 Å². The van der Waals surface area contributed by atoms with Gasteiger partial charge in [-0.1, -0.05) is 84.9 Å². The van der Waals surface area contributed by atoms with Crippen LogP contribution in [0.15, 0.2) is 114 Å². The molecule has 2 nitrogen and oxygen atoms in total. The van der Waals surface area contributed by atoms with Crippen molar-refractivity contribution in [3.8, 4) is 22.3 Å². The molecule has 0 aliphatic rings. The van der Waals surface area contributed by atoms with Crippen LogP contribution >= 0.6 is 0 Å². The largest absolute Gasteiger partial charge is 0.455 e. The summed E-state index contributed by atoms with van der Waals surface area (Å²) in [7, 11) is 0. The molecule has 0 atom stereocenters. The number of rotatable bonds is 2. The average Bonchev–Trinajstić information content (AvgIpc) is 3.42. The van der Waals surface area contributed by atoms with Crippen LogP contribution in [-0.2, 0) is 0 Å². The molecule has 7 rings (SSSR count). The van der Waals surface area contributed by atoms with Crippen molar-refractivity contribution < 1.29 is 4.42 Å². The molecule has 0 saturated carbocycles. The maximum Gasteiger partial charge on any atom is 0.143 e. The van der Waals surface area contributed by atoms with E-state index >= 15 is 0 Å². The predicted octanol–water partition coefficient (Wildman–Crippen LogP) is 8.55. The molecule has 0 aliphatic heterocycles. The van der Waals surface area contributed by atoms with Crippen LogP contribution in [0, 0.1) is 0 Å². The van der Waals surface area contributed by atoms with Gasteiger partial charge in [0, 0.05) is 38.2 Å². The van der Waals surface area contributed by atoms with Crippen molar-refractivity contribution in [2.75, 3.05) is 0 Å². The third-order valence-electron chi connectivity index (χ3n) is 6.42. The molecule has 1 N–H and O–H groups in total. The molecule has 0 aliphatic carbocycles. The van der Waals surface area contributed by atoms with Crippen molar-refractivity contribution in [3.05, 3.63) is 109 Å². The van der Waals surface area contributed by atoms with Crippen molar-refractivity contribution in [1.29, 1.82) is 0 Å². The summed E-state index contributed by atoms with van der Waals surface area (Å²) in [6.07, 6.45) is 0. The molecule has 32 heavy (non-hydrogen) atoms. The van der Waals surface area contributed by atoms with Gasteiger partial charge in [0.2, 0.25) is 0 Å². The quantitative estimate of drug-likeness (QED) is 0.304. The first-order valence-electron chi connectivity index (χ1n) is 10.9. The molecule has 150 valence electrons. The summed E-state index contributed by atoms with van der Waals surface area (Å²) < 4.78 is 6.39. The topological polar surface area (TPSA) is 28.9 Å². The molecule has 0 saturated heterocycles. The summed E-state index contributed by atoms with van der Waals surface area (Å²) in [5.74, 6) is 0. The first-order valence-corrected chi connectivity index (χ1v) is 10.9. The summed E-state index contributed by atoms with van der Waals surface area (Å²) in [5, 5.41) is 4.76. The Morgan fingerprint density at radius 3 is 2.16 bits per heavy atom. The summed E-state index contributed by atoms with van der Waals surface area (Å²) in [4.78, 5) is 3.68. The lowest BCUT2D eigenvalue weighted by Gasteiger charge is -2.09. The summed E-state index contributed by atoms with van der Waals surface area (Å²) >= 11 is 0. The second-order valence-electron chi connectivity index (χ2n) is 8.26. The van der Waals surface area contributed by atoms with E-state index in [1.165, 1.54) is 21.9 Å². The van der Waals surface area contributed by atoms with E-state index in [1.807, 2.05) is 12.1 Å². The zero-order valence-corrected chi connectivity index (χ0v) is 17.3. The molecule has 0 amide bonds. The number of hydrogen-bond donors (Lipinski definition) is 1. The predicted molar refractivity (Wildman–Crippen MR) is 134 cm³/mol. The molecule has 2 heterocycles. The van der Waals surface area contributed by atoms with Gasteiger partial charge in [0.15, 0.2) is 0 Å². The number of furan rings is 1. The van der Waals surface area contributed by atoms with E-state index in [0.29, 0.717) is 0 Å². The van der Waals surface area contributed by atoms with Crippen molar-refractivity contribution in [3.63, 3.8) is 0 Å². The lowest BCUT2D eigenvalue weighted by atomic mass is 9.94. The molecule has 2 heteroatoms. The van der Waals surface area contributed by atoms with Gasteiger partial charge in [-0.05, 0) is 35.4 Å². The van der Waals surface area contributed by atoms with Crippen LogP contribution in [0.1, 0.15) is 0 Å². The van der Waals surface area contributed by atoms with Gasteiger partial charge in [-0.15, -0.1) is 0 Å². The maximum absolute atomic E-state index is 6.39. The third kappa shape index (κ3) is 2.47. The first-order chi connectivity index (χ1) is 15.9. The number of fused-ring (bicyclic) bond motifs is 6. The van der Waals surface area contributed by atoms with Crippen LogP contribution in [-0.4, -0.2) is 4.98 Å². The van der Waals surface area contributed by atoms with Gasteiger partial charge in [0.05, 0.1) is 5.52 Å². The number of benzene rings is 5. The summed E-state index contributed by atoms with van der Waals surface area (Å²) in [6.45, 7) is 0. The lowest BCUT2D eigenvalue weighted by Crippen LogP contribution is -1.85. The minimum Gasteiger partial charge on any atom is -0.455 e. The van der Waals surface area contributed by atoms with E-state index in [4.69, 9.17) is 4.42 Å². The van der Waals surface area contributed by atoms with E-state index in [1.54, 1.807) is 0 Å².